The van der Waals surface area contributed by atoms with Gasteiger partial charge in [0, 0.05) is 46.8 Å². The molecule has 12 aliphatic rings. The second kappa shape index (κ2) is 17.8. The standard InChI is InChI=1S/C22H26O3.C22H26O2.C22H24O2.O2Se.H2O/c1-19-8-6-17-21(19,18(24)7-9-19)12-11-20(2)16-4-3-15(23)13-14(16)5-10-22(17,20)25;2*1-20-9-7-18-17-5-3-14-13-15(23)4-6-16(14)21(17,2)11-12-22(18,20)19(24)8-10-20;1-3-2;/h3-5,10,13,17,23,25H,6-9,11-12H2,1-2H3;3-6,13,17-18,23H,7-12H2,1-2H3;3-6,13,23H,7-12H2,1-2H3;;1H2/p-1/t17?,19-,20+,21+,22+;17?,18?,20-,21+,22+;20-,21+,22+;;/m000../s1. The zero-order valence-electron chi connectivity index (χ0n) is 45.8. The number of carbonyl (C=O) groups excluding carboxylic acids is 3. The predicted octanol–water partition coefficient (Wildman–Crippen LogP) is 12.9. The second-order valence-corrected chi connectivity index (χ2v) is 27.6. The molecular weight excluding hydrogens is 1030 g/mol. The summed E-state index contributed by atoms with van der Waals surface area (Å²) in [5.41, 5.74) is 8.42. The molecule has 8 saturated carbocycles. The summed E-state index contributed by atoms with van der Waals surface area (Å²) in [5.74, 6) is 3.30. The van der Waals surface area contributed by atoms with Crippen molar-refractivity contribution in [1.29, 1.82) is 0 Å². The van der Waals surface area contributed by atoms with Crippen LogP contribution in [0.15, 0.2) is 84.0 Å². The average Bonchev–Trinajstić information content (AvgIpc) is 4.38. The molecule has 77 heavy (non-hydrogen) atoms. The molecule has 8 fully saturated rings. The van der Waals surface area contributed by atoms with E-state index < -0.39 is 25.8 Å². The molecule has 0 aromatic heterocycles. The molecule has 5 N–H and O–H groups in total. The molecule has 3 aromatic rings. The molecular formula is C66H77O10Se-. The number of phenolic OH excluding ortho intramolecular Hbond substituents is 3. The van der Waals surface area contributed by atoms with E-state index in [1.807, 2.05) is 36.4 Å². The number of aromatic hydroxyl groups is 3. The maximum absolute atomic E-state index is 13.1. The van der Waals surface area contributed by atoms with Gasteiger partial charge in [0.1, 0.15) is 34.6 Å². The van der Waals surface area contributed by atoms with Crippen molar-refractivity contribution in [2.45, 2.75) is 179 Å². The van der Waals surface area contributed by atoms with Gasteiger partial charge in [-0.05, 0) is 205 Å². The van der Waals surface area contributed by atoms with Gasteiger partial charge < -0.3 is 25.9 Å². The van der Waals surface area contributed by atoms with Crippen LogP contribution in [0.4, 0.5) is 0 Å². The Labute approximate surface area is 459 Å². The predicted molar refractivity (Wildman–Crippen MR) is 295 cm³/mol. The SMILES string of the molecule is C[C@]12CCC(=O)[C@]13CC[C@@]1(C)C(=C3CC2)C=Cc2cc(O)ccc21.C[C@]12CCC(=O)[C@]13CC[C@]1(C)c4ccc(O)cc4C=CC1C3CC2.C[C@]12CCC(=O)[C@]13CC[C@]1(C)c4ccc(O)cc4C=C[C@@]1(O)C3CC2.O=[Se]=O.[OH-]. The fourth-order valence-electron chi connectivity index (χ4n) is 20.7. The third kappa shape index (κ3) is 6.81. The summed E-state index contributed by atoms with van der Waals surface area (Å²) in [6, 6.07) is 17.0. The van der Waals surface area contributed by atoms with Gasteiger partial charge in [0.25, 0.3) is 0 Å². The number of phenols is 3. The third-order valence-corrected chi connectivity index (χ3v) is 24.9. The maximum atomic E-state index is 13.1. The van der Waals surface area contributed by atoms with Crippen LogP contribution in [0.2, 0.25) is 0 Å². The van der Waals surface area contributed by atoms with Crippen molar-refractivity contribution in [2.75, 3.05) is 0 Å². The summed E-state index contributed by atoms with van der Waals surface area (Å²) >= 11 is -1.62. The Balaban J connectivity index is 0.000000119. The molecule has 3 unspecified atom stereocenters. The van der Waals surface area contributed by atoms with E-state index in [9.17, 15) is 34.8 Å². The van der Waals surface area contributed by atoms with Crippen LogP contribution in [0, 0.1) is 50.2 Å². The summed E-state index contributed by atoms with van der Waals surface area (Å²) in [4.78, 5) is 39.1. The Morgan fingerprint density at radius 1 is 0.519 bits per heavy atom. The number of hydrogen-bond acceptors (Lipinski definition) is 10. The van der Waals surface area contributed by atoms with Crippen LogP contribution in [0.25, 0.3) is 18.2 Å². The van der Waals surface area contributed by atoms with Gasteiger partial charge in [-0.15, -0.1) is 0 Å². The van der Waals surface area contributed by atoms with E-state index in [2.05, 4.69) is 78.0 Å². The minimum atomic E-state index is -1.62. The smallest absolute Gasteiger partial charge is 0.870 e. The number of ketones is 3. The number of carbonyl (C=O) groups is 3. The molecule has 0 radical (unpaired) electrons. The third-order valence-electron chi connectivity index (χ3n) is 24.9. The first-order valence-corrected chi connectivity index (χ1v) is 29.9. The number of benzene rings is 3. The van der Waals surface area contributed by atoms with Crippen molar-refractivity contribution >= 4 is 50.4 Å². The van der Waals surface area contributed by atoms with E-state index in [-0.39, 0.29) is 60.5 Å². The van der Waals surface area contributed by atoms with Gasteiger partial charge in [0.15, 0.2) is 0 Å². The summed E-state index contributed by atoms with van der Waals surface area (Å²) < 4.78 is 16.9. The van der Waals surface area contributed by atoms with Crippen LogP contribution in [-0.4, -0.2) is 63.7 Å². The van der Waals surface area contributed by atoms with Gasteiger partial charge in [0.05, 0.1) is 11.0 Å². The molecule has 0 heterocycles. The molecule has 3 aromatic carbocycles. The summed E-state index contributed by atoms with van der Waals surface area (Å²) in [6.07, 6.45) is 30.6. The Kier molecular flexibility index (Phi) is 12.5. The normalized spacial score (nSPS) is 42.0. The van der Waals surface area contributed by atoms with Gasteiger partial charge in [-0.25, -0.2) is 0 Å². The van der Waals surface area contributed by atoms with E-state index in [4.69, 9.17) is 7.67 Å². The zero-order valence-corrected chi connectivity index (χ0v) is 47.5. The first-order valence-electron chi connectivity index (χ1n) is 28.5. The van der Waals surface area contributed by atoms with Gasteiger partial charge in [-0.1, -0.05) is 102 Å². The number of fused-ring (bicyclic) bond motifs is 11. The molecule has 0 bridgehead atoms. The van der Waals surface area contributed by atoms with E-state index >= 15 is 0 Å². The van der Waals surface area contributed by atoms with Crippen LogP contribution in [0.1, 0.15) is 190 Å². The zero-order chi connectivity index (χ0) is 53.9. The fourth-order valence-corrected chi connectivity index (χ4v) is 20.7. The summed E-state index contributed by atoms with van der Waals surface area (Å²) in [6.45, 7) is 13.9. The Morgan fingerprint density at radius 2 is 1.05 bits per heavy atom. The van der Waals surface area contributed by atoms with E-state index in [0.29, 0.717) is 47.1 Å². The second-order valence-electron chi connectivity index (χ2n) is 27.3. The first kappa shape index (κ1) is 54.0. The van der Waals surface area contributed by atoms with Gasteiger partial charge >= 0.3 is 22.5 Å². The Hall–Kier alpha value is -4.93. The maximum Gasteiger partial charge on any atom is -0.870 e. The monoisotopic (exact) mass is 1110 g/mol. The molecule has 0 saturated heterocycles. The summed E-state index contributed by atoms with van der Waals surface area (Å²) in [7, 11) is 0. The minimum Gasteiger partial charge on any atom is -0.870 e. The van der Waals surface area contributed by atoms with Crippen LogP contribution in [0.5, 0.6) is 17.2 Å². The molecule has 10 nitrogen and oxygen atoms in total. The first-order chi connectivity index (χ1) is 36.0. The van der Waals surface area contributed by atoms with Gasteiger partial charge in [-0.2, -0.15) is 0 Å². The number of Topliss-reactive ketones (excluding diaryl/α,β-unsaturated/α-hetero) is 3. The molecule has 11 heteroatoms. The van der Waals surface area contributed by atoms with E-state index in [1.165, 1.54) is 35.1 Å². The van der Waals surface area contributed by atoms with Crippen molar-refractivity contribution in [1.82, 2.24) is 0 Å². The van der Waals surface area contributed by atoms with Crippen molar-refractivity contribution in [2.24, 2.45) is 50.2 Å². The fraction of sp³-hybridized carbons (Fsp3) is 0.561. The van der Waals surface area contributed by atoms with Crippen molar-refractivity contribution in [3.05, 3.63) is 117 Å². The minimum absolute atomic E-state index is 0. The average molecular weight is 1110 g/mol. The summed E-state index contributed by atoms with van der Waals surface area (Å²) in [5, 5.41) is 41.5. The topological polar surface area (TPSA) is 196 Å². The Morgan fingerprint density at radius 3 is 1.73 bits per heavy atom. The van der Waals surface area contributed by atoms with Crippen LogP contribution in [0.3, 0.4) is 0 Å². The number of aliphatic hydroxyl groups is 1. The van der Waals surface area contributed by atoms with Crippen molar-refractivity contribution < 1.29 is 48.0 Å². The quantitative estimate of drug-likeness (QED) is 0.157. The van der Waals surface area contributed by atoms with E-state index in [0.717, 1.165) is 119 Å². The molecule has 408 valence electrons. The van der Waals surface area contributed by atoms with Crippen molar-refractivity contribution in [3.8, 4) is 17.2 Å². The van der Waals surface area contributed by atoms with Crippen LogP contribution in [-0.2, 0) is 38.3 Å². The van der Waals surface area contributed by atoms with Gasteiger partial charge in [0.2, 0.25) is 0 Å². The van der Waals surface area contributed by atoms with Gasteiger partial charge in [-0.3, -0.25) is 14.4 Å². The molecule has 15 rings (SSSR count). The van der Waals surface area contributed by atoms with Crippen LogP contribution < -0.4 is 0 Å². The number of rotatable bonds is 0. The molecule has 12 aliphatic carbocycles. The molecule has 0 amide bonds. The molecule has 13 atom stereocenters. The van der Waals surface area contributed by atoms with Crippen molar-refractivity contribution in [3.63, 3.8) is 0 Å². The molecule has 3 spiro atoms. The van der Waals surface area contributed by atoms with Crippen LogP contribution >= 0.6 is 0 Å². The number of allylic oxidation sites excluding steroid dienone is 4. The van der Waals surface area contributed by atoms with E-state index in [1.54, 1.807) is 18.2 Å². The largest absolute Gasteiger partial charge is 0.870 e. The number of hydrogen-bond donors (Lipinski definition) is 4. The molecule has 0 aliphatic heterocycles. The Bertz CT molecular complexity index is 3220.